The van der Waals surface area contributed by atoms with Crippen molar-refractivity contribution >= 4 is 5.91 Å². The Balaban J connectivity index is 4.04. The van der Waals surface area contributed by atoms with Gasteiger partial charge in [-0.1, -0.05) is 0 Å². The van der Waals surface area contributed by atoms with Crippen molar-refractivity contribution in [3.63, 3.8) is 0 Å². The van der Waals surface area contributed by atoms with Crippen molar-refractivity contribution in [2.24, 2.45) is 0 Å². The molecule has 0 fully saturated rings. The van der Waals surface area contributed by atoms with Crippen molar-refractivity contribution in [1.29, 1.82) is 5.26 Å². The van der Waals surface area contributed by atoms with Gasteiger partial charge in [0.25, 0.3) is 0 Å². The Morgan fingerprint density at radius 3 is 2.36 bits per heavy atom. The van der Waals surface area contributed by atoms with Gasteiger partial charge in [-0.25, -0.2) is 0 Å². The van der Waals surface area contributed by atoms with Crippen LogP contribution < -0.4 is 5.32 Å². The summed E-state index contributed by atoms with van der Waals surface area (Å²) >= 11 is 0. The van der Waals surface area contributed by atoms with Crippen LogP contribution in [0.2, 0.25) is 0 Å². The predicted molar refractivity (Wildman–Crippen MR) is 55.6 cm³/mol. The van der Waals surface area contributed by atoms with Crippen LogP contribution in [0.5, 0.6) is 0 Å². The first-order valence-corrected chi connectivity index (χ1v) is 4.87. The summed E-state index contributed by atoms with van der Waals surface area (Å²) in [6.45, 7) is 8.37. The molecule has 14 heavy (non-hydrogen) atoms. The number of carbonyl (C=O) groups is 1. The molecule has 4 nitrogen and oxygen atoms in total. The van der Waals surface area contributed by atoms with Gasteiger partial charge in [0.1, 0.15) is 0 Å². The highest BCUT2D eigenvalue weighted by Gasteiger charge is 2.13. The second-order valence-corrected chi connectivity index (χ2v) is 3.88. The summed E-state index contributed by atoms with van der Waals surface area (Å²) in [6, 6.07) is 2.42. The predicted octanol–water partition coefficient (Wildman–Crippen LogP) is 0.745. The van der Waals surface area contributed by atoms with E-state index in [9.17, 15) is 4.79 Å². The summed E-state index contributed by atoms with van der Waals surface area (Å²) < 4.78 is 0. The summed E-state index contributed by atoms with van der Waals surface area (Å²) in [5.41, 5.74) is 0. The lowest BCUT2D eigenvalue weighted by atomic mass is 10.3. The third-order valence-corrected chi connectivity index (χ3v) is 1.80. The highest BCUT2D eigenvalue weighted by molar-refractivity contribution is 5.78. The number of nitrogens with zero attached hydrogens (tertiary/aromatic N) is 2. The van der Waals surface area contributed by atoms with E-state index in [1.54, 1.807) is 0 Å². The molecule has 1 amide bonds. The zero-order valence-electron chi connectivity index (χ0n) is 9.37. The second kappa shape index (κ2) is 6.39. The number of rotatable bonds is 5. The molecule has 0 saturated heterocycles. The quantitative estimate of drug-likeness (QED) is 0.661. The molecule has 0 heterocycles. The Kier molecular flexibility index (Phi) is 5.89. The van der Waals surface area contributed by atoms with E-state index in [2.05, 4.69) is 11.4 Å². The lowest BCUT2D eigenvalue weighted by Crippen LogP contribution is -2.42. The smallest absolute Gasteiger partial charge is 0.234 e. The Morgan fingerprint density at radius 2 is 2.00 bits per heavy atom. The molecule has 0 saturated carbocycles. The molecule has 0 bridgehead atoms. The zero-order chi connectivity index (χ0) is 11.1. The summed E-state index contributed by atoms with van der Waals surface area (Å²) in [5, 5.41) is 11.4. The van der Waals surface area contributed by atoms with Crippen LogP contribution in [0.4, 0.5) is 0 Å². The van der Waals surface area contributed by atoms with E-state index in [4.69, 9.17) is 5.26 Å². The topological polar surface area (TPSA) is 56.1 Å². The average Bonchev–Trinajstić information content (AvgIpc) is 2.01. The van der Waals surface area contributed by atoms with Gasteiger partial charge in [-0.05, 0) is 27.7 Å². The van der Waals surface area contributed by atoms with E-state index in [0.717, 1.165) is 0 Å². The molecule has 4 heteroatoms. The van der Waals surface area contributed by atoms with E-state index < -0.39 is 0 Å². The maximum absolute atomic E-state index is 11.4. The van der Waals surface area contributed by atoms with Gasteiger partial charge in [0.05, 0.1) is 19.2 Å². The molecule has 0 aliphatic carbocycles. The van der Waals surface area contributed by atoms with E-state index >= 15 is 0 Å². The Hall–Kier alpha value is -1.08. The molecule has 1 N–H and O–H groups in total. The maximum atomic E-state index is 11.4. The standard InChI is InChI=1S/C10H19N3O/c1-8(2)12-10(14)7-13(6-5-11)9(3)4/h8-9H,6-7H2,1-4H3,(H,12,14). The number of hydrogen-bond acceptors (Lipinski definition) is 3. The number of nitriles is 1. The molecular formula is C10H19N3O. The third-order valence-electron chi connectivity index (χ3n) is 1.80. The minimum Gasteiger partial charge on any atom is -0.353 e. The van der Waals surface area contributed by atoms with E-state index in [1.165, 1.54) is 0 Å². The van der Waals surface area contributed by atoms with Crippen molar-refractivity contribution in [3.05, 3.63) is 0 Å². The van der Waals surface area contributed by atoms with E-state index in [0.29, 0.717) is 13.1 Å². The number of hydrogen-bond donors (Lipinski definition) is 1. The molecular weight excluding hydrogens is 178 g/mol. The average molecular weight is 197 g/mol. The first-order valence-electron chi connectivity index (χ1n) is 4.87. The fraction of sp³-hybridized carbons (Fsp3) is 0.800. The lowest BCUT2D eigenvalue weighted by molar-refractivity contribution is -0.123. The molecule has 0 aliphatic heterocycles. The van der Waals surface area contributed by atoms with Gasteiger partial charge in [-0.3, -0.25) is 9.69 Å². The molecule has 0 aromatic heterocycles. The second-order valence-electron chi connectivity index (χ2n) is 3.88. The molecule has 0 spiro atoms. The van der Waals surface area contributed by atoms with Gasteiger partial charge >= 0.3 is 0 Å². The molecule has 0 atom stereocenters. The van der Waals surface area contributed by atoms with Gasteiger partial charge in [0.15, 0.2) is 0 Å². The summed E-state index contributed by atoms with van der Waals surface area (Å²) in [7, 11) is 0. The van der Waals surface area contributed by atoms with Crippen molar-refractivity contribution < 1.29 is 4.79 Å². The van der Waals surface area contributed by atoms with Gasteiger partial charge in [-0.15, -0.1) is 0 Å². The SMILES string of the molecule is CC(C)NC(=O)CN(CC#N)C(C)C. The van der Waals surface area contributed by atoms with Crippen LogP contribution in [0.25, 0.3) is 0 Å². The summed E-state index contributed by atoms with van der Waals surface area (Å²) in [5.74, 6) is -0.0241. The Labute approximate surface area is 85.9 Å². The summed E-state index contributed by atoms with van der Waals surface area (Å²) in [4.78, 5) is 13.2. The van der Waals surface area contributed by atoms with Crippen LogP contribution in [-0.2, 0) is 4.79 Å². The first kappa shape index (κ1) is 12.9. The molecule has 0 aliphatic rings. The van der Waals surface area contributed by atoms with Gasteiger partial charge in [0.2, 0.25) is 5.91 Å². The molecule has 0 aromatic rings. The van der Waals surface area contributed by atoms with Crippen LogP contribution >= 0.6 is 0 Å². The number of amides is 1. The lowest BCUT2D eigenvalue weighted by Gasteiger charge is -2.23. The van der Waals surface area contributed by atoms with Crippen molar-refractivity contribution in [3.8, 4) is 6.07 Å². The molecule has 80 valence electrons. The minimum atomic E-state index is -0.0241. The van der Waals surface area contributed by atoms with Gasteiger partial charge < -0.3 is 5.32 Å². The fourth-order valence-electron chi connectivity index (χ4n) is 1.06. The van der Waals surface area contributed by atoms with Crippen LogP contribution in [-0.4, -0.2) is 36.0 Å². The van der Waals surface area contributed by atoms with Crippen LogP contribution in [0.3, 0.4) is 0 Å². The van der Waals surface area contributed by atoms with Crippen LogP contribution in [0, 0.1) is 11.3 Å². The van der Waals surface area contributed by atoms with E-state index in [-0.39, 0.29) is 18.0 Å². The third kappa shape index (κ3) is 5.55. The Bertz CT molecular complexity index is 218. The van der Waals surface area contributed by atoms with Crippen molar-refractivity contribution in [2.75, 3.05) is 13.1 Å². The maximum Gasteiger partial charge on any atom is 0.234 e. The largest absolute Gasteiger partial charge is 0.353 e. The van der Waals surface area contributed by atoms with Gasteiger partial charge in [0, 0.05) is 12.1 Å². The number of carbonyl (C=O) groups excluding carboxylic acids is 1. The molecule has 0 aromatic carbocycles. The highest BCUT2D eigenvalue weighted by Crippen LogP contribution is 1.96. The van der Waals surface area contributed by atoms with Crippen LogP contribution in [0.15, 0.2) is 0 Å². The monoisotopic (exact) mass is 197 g/mol. The number of nitrogens with one attached hydrogen (secondary N) is 1. The molecule has 0 unspecified atom stereocenters. The highest BCUT2D eigenvalue weighted by atomic mass is 16.2. The molecule has 0 radical (unpaired) electrons. The van der Waals surface area contributed by atoms with Crippen molar-refractivity contribution in [2.45, 2.75) is 39.8 Å². The zero-order valence-corrected chi connectivity index (χ0v) is 9.37. The van der Waals surface area contributed by atoms with Crippen molar-refractivity contribution in [1.82, 2.24) is 10.2 Å². The Morgan fingerprint density at radius 1 is 1.43 bits per heavy atom. The minimum absolute atomic E-state index is 0.0241. The normalized spacial score (nSPS) is 10.7. The van der Waals surface area contributed by atoms with Gasteiger partial charge in [-0.2, -0.15) is 5.26 Å². The first-order chi connectivity index (χ1) is 6.47. The molecule has 0 rings (SSSR count). The fourth-order valence-corrected chi connectivity index (χ4v) is 1.06. The van der Waals surface area contributed by atoms with E-state index in [1.807, 2.05) is 32.6 Å². The summed E-state index contributed by atoms with van der Waals surface area (Å²) in [6.07, 6.45) is 0. The van der Waals surface area contributed by atoms with Crippen LogP contribution in [0.1, 0.15) is 27.7 Å².